The Hall–Kier alpha value is -1.70. The van der Waals surface area contributed by atoms with E-state index in [0.29, 0.717) is 5.69 Å². The molecule has 0 aliphatic heterocycles. The number of rotatable bonds is 5. The summed E-state index contributed by atoms with van der Waals surface area (Å²) in [5.41, 5.74) is 1.23. The van der Waals surface area contributed by atoms with Crippen LogP contribution in [0.1, 0.15) is 30.4 Å². The van der Waals surface area contributed by atoms with E-state index in [4.69, 9.17) is 0 Å². The molecule has 2 heterocycles. The molecule has 124 valence electrons. The van der Waals surface area contributed by atoms with E-state index in [-0.39, 0.29) is 19.0 Å². The van der Waals surface area contributed by atoms with Crippen LogP contribution in [0.15, 0.2) is 12.3 Å². The van der Waals surface area contributed by atoms with Crippen LogP contribution in [0.4, 0.5) is 18.9 Å². The monoisotopic (exact) mass is 337 g/mol. The molecule has 1 N–H and O–H groups in total. The molecule has 0 aliphatic carbocycles. The first kappa shape index (κ1) is 18.3. The molecule has 2 aromatic rings. The Morgan fingerprint density at radius 2 is 1.95 bits per heavy atom. The number of halogens is 4. The minimum absolute atomic E-state index is 0. The number of alkyl halides is 3. The zero-order chi connectivity index (χ0) is 15.6. The maximum Gasteiger partial charge on any atom is 0.435 e. The first-order valence-electron chi connectivity index (χ1n) is 6.69. The van der Waals surface area contributed by atoms with Gasteiger partial charge in [-0.15, -0.1) is 12.4 Å². The lowest BCUT2D eigenvalue weighted by Gasteiger charge is -2.04. The first-order valence-corrected chi connectivity index (χ1v) is 6.69. The molecule has 0 saturated carbocycles. The van der Waals surface area contributed by atoms with Crippen molar-refractivity contribution in [3.8, 4) is 0 Å². The van der Waals surface area contributed by atoms with Crippen molar-refractivity contribution in [2.45, 2.75) is 39.5 Å². The molecule has 0 bridgehead atoms. The second-order valence-corrected chi connectivity index (χ2v) is 4.89. The first-order chi connectivity index (χ1) is 9.81. The highest BCUT2D eigenvalue weighted by Gasteiger charge is 2.34. The van der Waals surface area contributed by atoms with E-state index >= 15 is 0 Å². The summed E-state index contributed by atoms with van der Waals surface area (Å²) >= 11 is 0. The van der Waals surface area contributed by atoms with E-state index in [1.807, 2.05) is 17.8 Å². The van der Waals surface area contributed by atoms with Gasteiger partial charge in [0.2, 0.25) is 0 Å². The predicted molar refractivity (Wildman–Crippen MR) is 80.0 cm³/mol. The fourth-order valence-corrected chi connectivity index (χ4v) is 2.03. The number of hydrogen-bond donors (Lipinski definition) is 1. The van der Waals surface area contributed by atoms with Gasteiger partial charge in [-0.05, 0) is 19.4 Å². The Labute approximate surface area is 132 Å². The molecule has 5 nitrogen and oxygen atoms in total. The smallest absolute Gasteiger partial charge is 0.377 e. The molecule has 0 amide bonds. The Morgan fingerprint density at radius 1 is 1.27 bits per heavy atom. The zero-order valence-electron chi connectivity index (χ0n) is 12.6. The van der Waals surface area contributed by atoms with Gasteiger partial charge < -0.3 is 5.32 Å². The Morgan fingerprint density at radius 3 is 2.50 bits per heavy atom. The molecular formula is C13H19ClF3N5. The molecular weight excluding hydrogens is 319 g/mol. The van der Waals surface area contributed by atoms with Gasteiger partial charge in [0.1, 0.15) is 0 Å². The quantitative estimate of drug-likeness (QED) is 0.909. The summed E-state index contributed by atoms with van der Waals surface area (Å²) in [5, 5.41) is 10.9. The Kier molecular flexibility index (Phi) is 5.87. The average molecular weight is 338 g/mol. The van der Waals surface area contributed by atoms with Gasteiger partial charge in [0.25, 0.3) is 0 Å². The van der Waals surface area contributed by atoms with Crippen molar-refractivity contribution in [2.75, 3.05) is 5.32 Å². The highest BCUT2D eigenvalue weighted by molar-refractivity contribution is 5.85. The van der Waals surface area contributed by atoms with Crippen molar-refractivity contribution in [3.05, 3.63) is 29.3 Å². The molecule has 2 rings (SSSR count). The Balaban J connectivity index is 0.00000242. The maximum absolute atomic E-state index is 12.6. The average Bonchev–Trinajstić information content (AvgIpc) is 2.91. The van der Waals surface area contributed by atoms with Crippen molar-refractivity contribution in [3.63, 3.8) is 0 Å². The minimum Gasteiger partial charge on any atom is -0.377 e. The van der Waals surface area contributed by atoms with Crippen molar-refractivity contribution < 1.29 is 13.2 Å². The lowest BCUT2D eigenvalue weighted by atomic mass is 10.3. The lowest BCUT2D eigenvalue weighted by molar-refractivity contribution is -0.141. The molecule has 0 radical (unpaired) electrons. The summed E-state index contributed by atoms with van der Waals surface area (Å²) in [6.45, 7) is 4.99. The van der Waals surface area contributed by atoms with Gasteiger partial charge in [-0.1, -0.05) is 6.92 Å². The number of hydrogen-bond acceptors (Lipinski definition) is 3. The summed E-state index contributed by atoms with van der Waals surface area (Å²) in [7, 11) is 1.50. The molecule has 9 heteroatoms. The minimum atomic E-state index is -4.42. The molecule has 0 aliphatic rings. The molecule has 0 saturated heterocycles. The second kappa shape index (κ2) is 7.04. The third-order valence-corrected chi connectivity index (χ3v) is 3.13. The number of nitrogens with zero attached hydrogens (tertiary/aromatic N) is 4. The lowest BCUT2D eigenvalue weighted by Crippen LogP contribution is -2.07. The van der Waals surface area contributed by atoms with Crippen LogP contribution in [0.3, 0.4) is 0 Å². The van der Waals surface area contributed by atoms with Crippen LogP contribution in [0.2, 0.25) is 0 Å². The second-order valence-electron chi connectivity index (χ2n) is 4.89. The molecule has 0 unspecified atom stereocenters. The van der Waals surface area contributed by atoms with Gasteiger partial charge in [0.05, 0.1) is 23.6 Å². The van der Waals surface area contributed by atoms with E-state index < -0.39 is 11.9 Å². The van der Waals surface area contributed by atoms with Gasteiger partial charge in [-0.25, -0.2) is 0 Å². The molecule has 0 atom stereocenters. The number of anilines is 1. The largest absolute Gasteiger partial charge is 0.435 e. The number of aromatic nitrogens is 4. The summed E-state index contributed by atoms with van der Waals surface area (Å²) in [6.07, 6.45) is -1.59. The standard InChI is InChI=1S/C13H18F3N5.ClH/c1-4-5-21-8-11(9(2)18-21)17-7-10-6-12(13(14,15)16)19-20(10)3;/h6,8,17H,4-5,7H2,1-3H3;1H. The van der Waals surface area contributed by atoms with Crippen molar-refractivity contribution in [2.24, 2.45) is 7.05 Å². The normalized spacial score (nSPS) is 11.4. The van der Waals surface area contributed by atoms with Crippen LogP contribution in [0, 0.1) is 6.92 Å². The molecule has 0 aromatic carbocycles. The van der Waals surface area contributed by atoms with Crippen LogP contribution in [0.5, 0.6) is 0 Å². The third-order valence-electron chi connectivity index (χ3n) is 3.13. The van der Waals surface area contributed by atoms with Gasteiger partial charge in [-0.3, -0.25) is 9.36 Å². The highest BCUT2D eigenvalue weighted by Crippen LogP contribution is 2.28. The van der Waals surface area contributed by atoms with E-state index in [1.165, 1.54) is 11.7 Å². The number of aryl methyl sites for hydroxylation is 3. The molecule has 0 spiro atoms. The van der Waals surface area contributed by atoms with Gasteiger partial charge in [0.15, 0.2) is 5.69 Å². The summed E-state index contributed by atoms with van der Waals surface area (Å²) < 4.78 is 40.8. The predicted octanol–water partition coefficient (Wildman–Crippen LogP) is 3.39. The Bertz CT molecular complexity index is 618. The zero-order valence-corrected chi connectivity index (χ0v) is 13.4. The fraction of sp³-hybridized carbons (Fsp3) is 0.538. The molecule has 2 aromatic heterocycles. The fourth-order valence-electron chi connectivity index (χ4n) is 2.03. The van der Waals surface area contributed by atoms with E-state index in [2.05, 4.69) is 22.4 Å². The van der Waals surface area contributed by atoms with E-state index in [0.717, 1.165) is 30.4 Å². The molecule has 0 fully saturated rings. The summed E-state index contributed by atoms with van der Waals surface area (Å²) in [4.78, 5) is 0. The SMILES string of the molecule is CCCn1cc(NCc2cc(C(F)(F)F)nn2C)c(C)n1.Cl. The van der Waals surface area contributed by atoms with Crippen LogP contribution >= 0.6 is 12.4 Å². The third kappa shape index (κ3) is 4.16. The van der Waals surface area contributed by atoms with E-state index in [1.54, 1.807) is 0 Å². The van der Waals surface area contributed by atoms with Crippen LogP contribution in [0.25, 0.3) is 0 Å². The summed E-state index contributed by atoms with van der Waals surface area (Å²) in [6, 6.07) is 1.05. The number of nitrogens with one attached hydrogen (secondary N) is 1. The van der Waals surface area contributed by atoms with Crippen molar-refractivity contribution in [1.82, 2.24) is 19.6 Å². The van der Waals surface area contributed by atoms with Gasteiger partial charge in [0, 0.05) is 19.8 Å². The van der Waals surface area contributed by atoms with Crippen LogP contribution < -0.4 is 5.32 Å². The topological polar surface area (TPSA) is 47.7 Å². The van der Waals surface area contributed by atoms with Gasteiger partial charge >= 0.3 is 6.18 Å². The highest BCUT2D eigenvalue weighted by atomic mass is 35.5. The summed E-state index contributed by atoms with van der Waals surface area (Å²) in [5.74, 6) is 0. The van der Waals surface area contributed by atoms with Gasteiger partial charge in [-0.2, -0.15) is 23.4 Å². The van der Waals surface area contributed by atoms with E-state index in [9.17, 15) is 13.2 Å². The van der Waals surface area contributed by atoms with Crippen molar-refractivity contribution in [1.29, 1.82) is 0 Å². The van der Waals surface area contributed by atoms with Crippen LogP contribution in [-0.2, 0) is 26.3 Å². The maximum atomic E-state index is 12.6. The van der Waals surface area contributed by atoms with Crippen molar-refractivity contribution >= 4 is 18.1 Å². The molecule has 22 heavy (non-hydrogen) atoms. The van der Waals surface area contributed by atoms with Crippen LogP contribution in [-0.4, -0.2) is 19.6 Å².